The van der Waals surface area contributed by atoms with Gasteiger partial charge >= 0.3 is 6.09 Å². The summed E-state index contributed by atoms with van der Waals surface area (Å²) in [5, 5.41) is 5.66. The van der Waals surface area contributed by atoms with Crippen LogP contribution < -0.4 is 10.6 Å². The summed E-state index contributed by atoms with van der Waals surface area (Å²) in [5.41, 5.74) is 1.28. The zero-order valence-electron chi connectivity index (χ0n) is 16.4. The van der Waals surface area contributed by atoms with Crippen molar-refractivity contribution in [2.24, 2.45) is 0 Å². The van der Waals surface area contributed by atoms with E-state index in [-0.39, 0.29) is 17.9 Å². The van der Waals surface area contributed by atoms with Gasteiger partial charge in [-0.25, -0.2) is 4.79 Å². The number of alkyl carbamates (subject to hydrolysis) is 1. The average Bonchev–Trinajstić information content (AvgIpc) is 3.13. The summed E-state index contributed by atoms with van der Waals surface area (Å²) < 4.78 is 6.58. The zero-order valence-corrected chi connectivity index (χ0v) is 18.0. The molecule has 2 N–H and O–H groups in total. The van der Waals surface area contributed by atoms with Gasteiger partial charge in [-0.2, -0.15) is 0 Å². The fourth-order valence-corrected chi connectivity index (χ4v) is 3.95. The number of ether oxygens (including phenoxy) is 1. The Hall–Kier alpha value is -2.09. The number of nitrogens with zero attached hydrogens (tertiary/aromatic N) is 1. The summed E-state index contributed by atoms with van der Waals surface area (Å²) in [4.78, 5) is 38.3. The predicted molar refractivity (Wildman–Crippen MR) is 108 cm³/mol. The van der Waals surface area contributed by atoms with Gasteiger partial charge in [-0.3, -0.25) is 9.59 Å². The van der Waals surface area contributed by atoms with Crippen LogP contribution in [0.15, 0.2) is 22.7 Å². The van der Waals surface area contributed by atoms with E-state index in [1.807, 2.05) is 39.0 Å². The van der Waals surface area contributed by atoms with Crippen LogP contribution in [0.5, 0.6) is 0 Å². The van der Waals surface area contributed by atoms with Crippen molar-refractivity contribution in [3.8, 4) is 0 Å². The summed E-state index contributed by atoms with van der Waals surface area (Å²) in [7, 11) is 0. The smallest absolute Gasteiger partial charge is 0.407 e. The Morgan fingerprint density at radius 3 is 2.79 bits per heavy atom. The molecular formula is C20H26BrN3O4. The van der Waals surface area contributed by atoms with E-state index in [4.69, 9.17) is 4.74 Å². The van der Waals surface area contributed by atoms with Crippen LogP contribution in [0.3, 0.4) is 0 Å². The molecule has 1 fully saturated rings. The maximum absolute atomic E-state index is 12.6. The SMILES string of the molecule is CC(C)(C)NC(=O)O[C@@H](CCN1Cc2cc(Br)ccc2C1=O)[C@@H]1CCC(=O)N1. The lowest BCUT2D eigenvalue weighted by Gasteiger charge is -2.28. The molecule has 2 atom stereocenters. The van der Waals surface area contributed by atoms with Crippen molar-refractivity contribution in [2.75, 3.05) is 6.54 Å². The number of rotatable bonds is 5. The molecule has 7 nitrogen and oxygen atoms in total. The standard InChI is InChI=1S/C20H26BrN3O4/c1-20(2,3)23-19(27)28-16(15-6-7-17(25)22-15)8-9-24-11-12-10-13(21)4-5-14(12)18(24)26/h4-5,10,15-16H,6-9,11H2,1-3H3,(H,22,25)(H,23,27)/t15-,16-/m0/s1. The van der Waals surface area contributed by atoms with Crippen LogP contribution in [0.25, 0.3) is 0 Å². The van der Waals surface area contributed by atoms with Crippen molar-refractivity contribution in [3.05, 3.63) is 33.8 Å². The van der Waals surface area contributed by atoms with Crippen LogP contribution in [-0.4, -0.2) is 47.0 Å². The van der Waals surface area contributed by atoms with E-state index in [1.165, 1.54) is 0 Å². The van der Waals surface area contributed by atoms with Crippen molar-refractivity contribution in [1.29, 1.82) is 0 Å². The normalized spacial score (nSPS) is 20.0. The Bertz CT molecular complexity index is 790. The molecule has 1 saturated heterocycles. The number of amides is 3. The number of hydrogen-bond donors (Lipinski definition) is 2. The fourth-order valence-electron chi connectivity index (χ4n) is 3.55. The Morgan fingerprint density at radius 1 is 1.39 bits per heavy atom. The van der Waals surface area contributed by atoms with E-state index in [0.29, 0.717) is 37.9 Å². The first-order chi connectivity index (χ1) is 13.1. The lowest BCUT2D eigenvalue weighted by Crippen LogP contribution is -2.47. The Balaban J connectivity index is 1.64. The summed E-state index contributed by atoms with van der Waals surface area (Å²) in [5.74, 6) is -0.0554. The van der Waals surface area contributed by atoms with Crippen LogP contribution in [0.4, 0.5) is 4.79 Å². The van der Waals surface area contributed by atoms with Crippen molar-refractivity contribution >= 4 is 33.8 Å². The summed E-state index contributed by atoms with van der Waals surface area (Å²) >= 11 is 3.43. The molecule has 3 amide bonds. The van der Waals surface area contributed by atoms with E-state index in [2.05, 4.69) is 26.6 Å². The van der Waals surface area contributed by atoms with Crippen LogP contribution in [0, 0.1) is 0 Å². The highest BCUT2D eigenvalue weighted by atomic mass is 79.9. The minimum absolute atomic E-state index is 0.0177. The molecule has 1 aromatic rings. The average molecular weight is 452 g/mol. The molecule has 2 heterocycles. The van der Waals surface area contributed by atoms with Gasteiger partial charge in [-0.05, 0) is 51.0 Å². The topological polar surface area (TPSA) is 87.7 Å². The molecule has 0 radical (unpaired) electrons. The minimum Gasteiger partial charge on any atom is -0.444 e. The summed E-state index contributed by atoms with van der Waals surface area (Å²) in [6.45, 7) is 6.60. The number of halogens is 1. The van der Waals surface area contributed by atoms with E-state index >= 15 is 0 Å². The molecule has 0 spiro atoms. The molecular weight excluding hydrogens is 426 g/mol. The predicted octanol–water partition coefficient (Wildman–Crippen LogP) is 2.97. The maximum Gasteiger partial charge on any atom is 0.407 e. The van der Waals surface area contributed by atoms with Gasteiger partial charge in [0.2, 0.25) is 5.91 Å². The monoisotopic (exact) mass is 451 g/mol. The van der Waals surface area contributed by atoms with Gasteiger partial charge in [0.15, 0.2) is 0 Å². The first kappa shape index (κ1) is 20.6. The van der Waals surface area contributed by atoms with Crippen LogP contribution >= 0.6 is 15.9 Å². The Kier molecular flexibility index (Phi) is 5.98. The highest BCUT2D eigenvalue weighted by Crippen LogP contribution is 2.27. The van der Waals surface area contributed by atoms with Crippen molar-refractivity contribution in [1.82, 2.24) is 15.5 Å². The molecule has 3 rings (SSSR count). The molecule has 1 aromatic carbocycles. The zero-order chi connectivity index (χ0) is 20.5. The van der Waals surface area contributed by atoms with E-state index in [9.17, 15) is 14.4 Å². The van der Waals surface area contributed by atoms with Crippen LogP contribution in [0.2, 0.25) is 0 Å². The first-order valence-corrected chi connectivity index (χ1v) is 10.3. The lowest BCUT2D eigenvalue weighted by atomic mass is 10.1. The van der Waals surface area contributed by atoms with Gasteiger partial charge in [-0.1, -0.05) is 15.9 Å². The van der Waals surface area contributed by atoms with E-state index in [1.54, 1.807) is 4.90 Å². The number of hydrogen-bond acceptors (Lipinski definition) is 4. The molecule has 152 valence electrons. The fraction of sp³-hybridized carbons (Fsp3) is 0.550. The number of carbonyl (C=O) groups is 3. The Labute approximate surface area is 173 Å². The molecule has 8 heteroatoms. The molecule has 0 saturated carbocycles. The highest BCUT2D eigenvalue weighted by molar-refractivity contribution is 9.10. The lowest BCUT2D eigenvalue weighted by molar-refractivity contribution is -0.119. The second-order valence-corrected chi connectivity index (χ2v) is 9.26. The third kappa shape index (κ3) is 5.04. The maximum atomic E-state index is 12.6. The number of fused-ring (bicyclic) bond motifs is 1. The highest BCUT2D eigenvalue weighted by Gasteiger charge is 2.34. The summed E-state index contributed by atoms with van der Waals surface area (Å²) in [6, 6.07) is 5.41. The second kappa shape index (κ2) is 8.11. The Morgan fingerprint density at radius 2 is 2.14 bits per heavy atom. The minimum atomic E-state index is -0.515. The third-order valence-electron chi connectivity index (χ3n) is 4.84. The van der Waals surface area contributed by atoms with Crippen LogP contribution in [0.1, 0.15) is 56.0 Å². The molecule has 0 bridgehead atoms. The first-order valence-electron chi connectivity index (χ1n) is 9.48. The van der Waals surface area contributed by atoms with Gasteiger partial charge in [-0.15, -0.1) is 0 Å². The van der Waals surface area contributed by atoms with E-state index in [0.717, 1.165) is 10.0 Å². The summed E-state index contributed by atoms with van der Waals surface area (Å²) in [6.07, 6.45) is 0.500. The van der Waals surface area contributed by atoms with Gasteiger partial charge in [0.05, 0.1) is 6.04 Å². The molecule has 2 aliphatic heterocycles. The largest absolute Gasteiger partial charge is 0.444 e. The number of carbonyl (C=O) groups excluding carboxylic acids is 3. The van der Waals surface area contributed by atoms with E-state index < -0.39 is 17.7 Å². The molecule has 2 aliphatic rings. The van der Waals surface area contributed by atoms with Gasteiger partial charge in [0.1, 0.15) is 6.10 Å². The number of nitrogens with one attached hydrogen (secondary N) is 2. The van der Waals surface area contributed by atoms with Crippen molar-refractivity contribution < 1.29 is 19.1 Å². The van der Waals surface area contributed by atoms with Crippen LogP contribution in [-0.2, 0) is 16.1 Å². The van der Waals surface area contributed by atoms with Crippen molar-refractivity contribution in [2.45, 2.75) is 64.3 Å². The quantitative estimate of drug-likeness (QED) is 0.719. The number of benzene rings is 1. The van der Waals surface area contributed by atoms with Gasteiger partial charge in [0, 0.05) is 41.5 Å². The molecule has 0 aromatic heterocycles. The molecule has 0 aliphatic carbocycles. The third-order valence-corrected chi connectivity index (χ3v) is 5.34. The van der Waals surface area contributed by atoms with Gasteiger partial charge < -0.3 is 20.3 Å². The molecule has 0 unspecified atom stereocenters. The second-order valence-electron chi connectivity index (χ2n) is 8.35. The molecule has 28 heavy (non-hydrogen) atoms. The van der Waals surface area contributed by atoms with Crippen molar-refractivity contribution in [3.63, 3.8) is 0 Å². The van der Waals surface area contributed by atoms with Gasteiger partial charge in [0.25, 0.3) is 5.91 Å².